The van der Waals surface area contributed by atoms with Crippen LogP contribution in [0, 0.1) is 11.3 Å². The second-order valence-corrected chi connectivity index (χ2v) is 4.94. The highest BCUT2D eigenvalue weighted by atomic mass is 14.4. The summed E-state index contributed by atoms with van der Waals surface area (Å²) < 4.78 is 0. The minimum atomic E-state index is 0.726. The highest BCUT2D eigenvalue weighted by Gasteiger charge is 2.40. The van der Waals surface area contributed by atoms with Gasteiger partial charge in [0.25, 0.3) is 0 Å². The zero-order valence-corrected chi connectivity index (χ0v) is 9.31. The molecule has 0 bridgehead atoms. The van der Waals surface area contributed by atoms with Gasteiger partial charge in [-0.2, -0.15) is 0 Å². The average molecular weight is 180 g/mol. The molecule has 0 aromatic heterocycles. The van der Waals surface area contributed by atoms with E-state index in [2.05, 4.69) is 26.5 Å². The predicted molar refractivity (Wildman–Crippen MR) is 59.8 cm³/mol. The van der Waals surface area contributed by atoms with Gasteiger partial charge in [0.05, 0.1) is 0 Å². The molecule has 13 heavy (non-hydrogen) atoms. The van der Waals surface area contributed by atoms with E-state index >= 15 is 0 Å². The number of hydrogen-bond donors (Lipinski definition) is 0. The van der Waals surface area contributed by atoms with Crippen LogP contribution in [0.15, 0.2) is 12.7 Å². The minimum Gasteiger partial charge on any atom is -0.103 e. The third-order valence-electron chi connectivity index (χ3n) is 3.50. The summed E-state index contributed by atoms with van der Waals surface area (Å²) in [5, 5.41) is 0. The summed E-state index contributed by atoms with van der Waals surface area (Å²) in [5.74, 6) is 0.988. The molecule has 0 heterocycles. The monoisotopic (exact) mass is 180 g/mol. The lowest BCUT2D eigenvalue weighted by Crippen LogP contribution is -2.35. The average Bonchev–Trinajstić information content (AvgIpc) is 2.08. The molecular weight excluding hydrogens is 156 g/mol. The van der Waals surface area contributed by atoms with Crippen molar-refractivity contribution in [2.75, 3.05) is 0 Å². The molecule has 1 aliphatic rings. The zero-order valence-electron chi connectivity index (χ0n) is 9.31. The molecule has 0 radical (unpaired) electrons. The van der Waals surface area contributed by atoms with Gasteiger partial charge < -0.3 is 0 Å². The van der Waals surface area contributed by atoms with Gasteiger partial charge >= 0.3 is 0 Å². The number of hydrogen-bond acceptors (Lipinski definition) is 0. The number of unbranched alkanes of at least 4 members (excludes halogenated alkanes) is 1. The molecule has 0 aromatic carbocycles. The summed E-state index contributed by atoms with van der Waals surface area (Å²) in [5.41, 5.74) is 0.726. The molecule has 76 valence electrons. The summed E-state index contributed by atoms with van der Waals surface area (Å²) in [6.07, 6.45) is 11.9. The summed E-state index contributed by atoms with van der Waals surface area (Å²) >= 11 is 0. The predicted octanol–water partition coefficient (Wildman–Crippen LogP) is 4.56. The highest BCUT2D eigenvalue weighted by molar-refractivity contribution is 4.92. The van der Waals surface area contributed by atoms with Crippen molar-refractivity contribution in [1.82, 2.24) is 0 Å². The maximum absolute atomic E-state index is 3.82. The fourth-order valence-corrected chi connectivity index (χ4v) is 2.91. The lowest BCUT2D eigenvalue weighted by atomic mass is 9.58. The van der Waals surface area contributed by atoms with Gasteiger partial charge in [-0.05, 0) is 43.4 Å². The fraction of sp³-hybridized carbons (Fsp3) is 0.846. The molecule has 0 aromatic rings. The van der Waals surface area contributed by atoms with Crippen LogP contribution in [0.1, 0.15) is 58.8 Å². The molecule has 0 aliphatic heterocycles. The van der Waals surface area contributed by atoms with Crippen molar-refractivity contribution in [3.63, 3.8) is 0 Å². The van der Waals surface area contributed by atoms with E-state index in [9.17, 15) is 0 Å². The Hall–Kier alpha value is -0.260. The molecule has 0 unspecified atom stereocenters. The molecule has 0 amide bonds. The van der Waals surface area contributed by atoms with Gasteiger partial charge in [-0.3, -0.25) is 0 Å². The van der Waals surface area contributed by atoms with Gasteiger partial charge in [0.15, 0.2) is 0 Å². The van der Waals surface area contributed by atoms with Crippen molar-refractivity contribution in [3.05, 3.63) is 12.7 Å². The van der Waals surface area contributed by atoms with Crippen LogP contribution < -0.4 is 0 Å². The summed E-state index contributed by atoms with van der Waals surface area (Å²) in [7, 11) is 0. The van der Waals surface area contributed by atoms with E-state index in [0.29, 0.717) is 0 Å². The van der Waals surface area contributed by atoms with Crippen LogP contribution in [0.5, 0.6) is 0 Å². The van der Waals surface area contributed by atoms with Crippen LogP contribution >= 0.6 is 0 Å². The molecule has 0 heteroatoms. The Labute approximate surface area is 83.4 Å². The van der Waals surface area contributed by atoms with E-state index < -0.39 is 0 Å². The largest absolute Gasteiger partial charge is 0.103 e. The van der Waals surface area contributed by atoms with E-state index in [1.807, 2.05) is 0 Å². The molecule has 0 nitrogen and oxygen atoms in total. The Morgan fingerprint density at radius 3 is 2.54 bits per heavy atom. The molecule has 0 saturated heterocycles. The normalized spacial score (nSPS) is 32.6. The summed E-state index contributed by atoms with van der Waals surface area (Å²) in [6, 6.07) is 0. The standard InChI is InChI=1S/C13H24/c1-4-6-8-13(9-7-5-2)10-12(3)11-13/h4,12H,1,5-11H2,2-3H3. The van der Waals surface area contributed by atoms with Gasteiger partial charge in [-0.15, -0.1) is 6.58 Å². The Kier molecular flexibility index (Phi) is 4.02. The SMILES string of the molecule is C=CCCC1(CCCC)CC(C)C1. The number of rotatable bonds is 6. The summed E-state index contributed by atoms with van der Waals surface area (Å²) in [4.78, 5) is 0. The van der Waals surface area contributed by atoms with E-state index in [-0.39, 0.29) is 0 Å². The van der Waals surface area contributed by atoms with Crippen molar-refractivity contribution < 1.29 is 0 Å². The van der Waals surface area contributed by atoms with Crippen LogP contribution in [-0.4, -0.2) is 0 Å². The molecule has 0 N–H and O–H groups in total. The van der Waals surface area contributed by atoms with Gasteiger partial charge in [-0.1, -0.05) is 32.8 Å². The second kappa shape index (κ2) is 4.83. The van der Waals surface area contributed by atoms with Crippen LogP contribution in [0.4, 0.5) is 0 Å². The lowest BCUT2D eigenvalue weighted by Gasteiger charge is -2.47. The smallest absolute Gasteiger partial charge is 0.0289 e. The molecule has 0 spiro atoms. The van der Waals surface area contributed by atoms with Gasteiger partial charge in [0, 0.05) is 0 Å². The van der Waals surface area contributed by atoms with E-state index in [1.165, 1.54) is 44.9 Å². The van der Waals surface area contributed by atoms with E-state index in [0.717, 1.165) is 11.3 Å². The van der Waals surface area contributed by atoms with Crippen LogP contribution in [0.2, 0.25) is 0 Å². The van der Waals surface area contributed by atoms with Crippen molar-refractivity contribution in [2.24, 2.45) is 11.3 Å². The first-order chi connectivity index (χ1) is 6.22. The van der Waals surface area contributed by atoms with Gasteiger partial charge in [0.2, 0.25) is 0 Å². The van der Waals surface area contributed by atoms with Crippen molar-refractivity contribution >= 4 is 0 Å². The minimum absolute atomic E-state index is 0.726. The van der Waals surface area contributed by atoms with Crippen molar-refractivity contribution in [1.29, 1.82) is 0 Å². The molecular formula is C13H24. The van der Waals surface area contributed by atoms with Gasteiger partial charge in [-0.25, -0.2) is 0 Å². The van der Waals surface area contributed by atoms with Crippen LogP contribution in [0.3, 0.4) is 0 Å². The molecule has 0 atom stereocenters. The number of allylic oxidation sites excluding steroid dienone is 1. The molecule has 1 fully saturated rings. The quantitative estimate of drug-likeness (QED) is 0.526. The third-order valence-corrected chi connectivity index (χ3v) is 3.50. The first kappa shape index (κ1) is 10.8. The second-order valence-electron chi connectivity index (χ2n) is 4.94. The van der Waals surface area contributed by atoms with Crippen molar-refractivity contribution in [3.8, 4) is 0 Å². The summed E-state index contributed by atoms with van der Waals surface area (Å²) in [6.45, 7) is 8.50. The van der Waals surface area contributed by atoms with Gasteiger partial charge in [0.1, 0.15) is 0 Å². The topological polar surface area (TPSA) is 0 Å². The first-order valence-electron chi connectivity index (χ1n) is 5.83. The zero-order chi connectivity index (χ0) is 9.73. The van der Waals surface area contributed by atoms with Crippen LogP contribution in [-0.2, 0) is 0 Å². The third kappa shape index (κ3) is 2.86. The van der Waals surface area contributed by atoms with E-state index in [4.69, 9.17) is 0 Å². The molecule has 1 saturated carbocycles. The molecule has 1 aliphatic carbocycles. The maximum Gasteiger partial charge on any atom is -0.0289 e. The van der Waals surface area contributed by atoms with Crippen LogP contribution in [0.25, 0.3) is 0 Å². The highest BCUT2D eigenvalue weighted by Crippen LogP contribution is 2.52. The Bertz CT molecular complexity index is 151. The Morgan fingerprint density at radius 1 is 1.38 bits per heavy atom. The fourth-order valence-electron chi connectivity index (χ4n) is 2.91. The first-order valence-corrected chi connectivity index (χ1v) is 5.83. The Balaban J connectivity index is 2.31. The Morgan fingerprint density at radius 2 is 2.08 bits per heavy atom. The van der Waals surface area contributed by atoms with Crippen molar-refractivity contribution in [2.45, 2.75) is 58.8 Å². The molecule has 1 rings (SSSR count). The van der Waals surface area contributed by atoms with E-state index in [1.54, 1.807) is 0 Å². The maximum atomic E-state index is 3.82. The lowest BCUT2D eigenvalue weighted by molar-refractivity contribution is 0.0444.